The van der Waals surface area contributed by atoms with E-state index in [1.165, 1.54) is 17.2 Å². The Kier molecular flexibility index (Phi) is 3.57. The Balaban J connectivity index is 1.86. The number of rotatable bonds is 2. The highest BCUT2D eigenvalue weighted by atomic mass is 19.1. The van der Waals surface area contributed by atoms with E-state index in [9.17, 15) is 13.9 Å². The fourth-order valence-electron chi connectivity index (χ4n) is 4.21. The lowest BCUT2D eigenvalue weighted by molar-refractivity contribution is 0.264. The Hall–Kier alpha value is -1.94. The van der Waals surface area contributed by atoms with Crippen LogP contribution in [0.2, 0.25) is 0 Å². The molecule has 2 aliphatic rings. The number of halogens is 2. The van der Waals surface area contributed by atoms with Crippen molar-refractivity contribution >= 4 is 5.69 Å². The maximum atomic E-state index is 14.4. The summed E-state index contributed by atoms with van der Waals surface area (Å²) >= 11 is 0. The van der Waals surface area contributed by atoms with Gasteiger partial charge in [0, 0.05) is 30.5 Å². The Morgan fingerprint density at radius 1 is 1.17 bits per heavy atom. The molecule has 0 radical (unpaired) electrons. The fourth-order valence-corrected chi connectivity index (χ4v) is 4.21. The Labute approximate surface area is 134 Å². The van der Waals surface area contributed by atoms with Crippen LogP contribution in [0.1, 0.15) is 41.5 Å². The molecule has 2 aliphatic heterocycles. The van der Waals surface area contributed by atoms with Gasteiger partial charge in [0.1, 0.15) is 11.6 Å². The van der Waals surface area contributed by atoms with Crippen molar-refractivity contribution in [3.63, 3.8) is 0 Å². The van der Waals surface area contributed by atoms with E-state index in [1.54, 1.807) is 0 Å². The van der Waals surface area contributed by atoms with Gasteiger partial charge in [-0.15, -0.1) is 0 Å². The zero-order valence-electron chi connectivity index (χ0n) is 12.8. The van der Waals surface area contributed by atoms with E-state index >= 15 is 0 Å². The van der Waals surface area contributed by atoms with Crippen LogP contribution in [0, 0.1) is 11.6 Å². The molecule has 2 aromatic rings. The molecule has 0 aromatic heterocycles. The first-order chi connectivity index (χ1) is 11.2. The van der Waals surface area contributed by atoms with Crippen molar-refractivity contribution < 1.29 is 13.9 Å². The summed E-state index contributed by atoms with van der Waals surface area (Å²) in [6, 6.07) is 10.8. The Bertz CT molecular complexity index is 746. The van der Waals surface area contributed by atoms with Gasteiger partial charge in [-0.2, -0.15) is 0 Å². The van der Waals surface area contributed by atoms with Gasteiger partial charge in [0.25, 0.3) is 0 Å². The maximum absolute atomic E-state index is 14.4. The van der Waals surface area contributed by atoms with E-state index in [2.05, 4.69) is 17.0 Å². The normalized spacial score (nSPS) is 22.3. The molecular formula is C19H19F2NO. The molecule has 0 aliphatic carbocycles. The smallest absolute Gasteiger partial charge is 0.131 e. The van der Waals surface area contributed by atoms with Gasteiger partial charge >= 0.3 is 0 Å². The van der Waals surface area contributed by atoms with Crippen LogP contribution < -0.4 is 4.90 Å². The van der Waals surface area contributed by atoms with Gasteiger partial charge in [-0.1, -0.05) is 24.3 Å². The van der Waals surface area contributed by atoms with Crippen LogP contribution in [0.4, 0.5) is 14.5 Å². The lowest BCUT2D eigenvalue weighted by Crippen LogP contribution is -2.40. The molecule has 2 nitrogen and oxygen atoms in total. The first-order valence-electron chi connectivity index (χ1n) is 8.13. The molecule has 4 rings (SSSR count). The van der Waals surface area contributed by atoms with E-state index in [-0.39, 0.29) is 18.6 Å². The second-order valence-electron chi connectivity index (χ2n) is 6.42. The zero-order valence-corrected chi connectivity index (χ0v) is 12.8. The zero-order chi connectivity index (χ0) is 16.0. The summed E-state index contributed by atoms with van der Waals surface area (Å²) in [5.41, 5.74) is 3.79. The summed E-state index contributed by atoms with van der Waals surface area (Å²) in [4.78, 5) is 2.14. The maximum Gasteiger partial charge on any atom is 0.131 e. The van der Waals surface area contributed by atoms with Gasteiger partial charge in [0.2, 0.25) is 0 Å². The number of anilines is 1. The molecule has 0 bridgehead atoms. The monoisotopic (exact) mass is 315 g/mol. The van der Waals surface area contributed by atoms with Crippen molar-refractivity contribution in [1.82, 2.24) is 0 Å². The first-order valence-corrected chi connectivity index (χ1v) is 8.13. The van der Waals surface area contributed by atoms with Crippen LogP contribution in [0.15, 0.2) is 36.4 Å². The molecule has 120 valence electrons. The first kappa shape index (κ1) is 14.6. The average molecular weight is 315 g/mol. The van der Waals surface area contributed by atoms with Crippen molar-refractivity contribution in [1.29, 1.82) is 0 Å². The number of aliphatic hydroxyl groups excluding tert-OH is 1. The fraction of sp³-hybridized carbons (Fsp3) is 0.368. The summed E-state index contributed by atoms with van der Waals surface area (Å²) in [5, 5.41) is 9.37. The van der Waals surface area contributed by atoms with Gasteiger partial charge in [0.15, 0.2) is 0 Å². The molecular weight excluding hydrogens is 296 g/mol. The van der Waals surface area contributed by atoms with E-state index < -0.39 is 11.6 Å². The highest BCUT2D eigenvalue weighted by Crippen LogP contribution is 2.49. The lowest BCUT2D eigenvalue weighted by Gasteiger charge is -2.46. The number of nitrogens with zero attached hydrogens (tertiary/aromatic N) is 1. The highest BCUT2D eigenvalue weighted by Gasteiger charge is 2.38. The second-order valence-corrected chi connectivity index (χ2v) is 6.42. The predicted octanol–water partition coefficient (Wildman–Crippen LogP) is 3.94. The molecule has 1 N–H and O–H groups in total. The topological polar surface area (TPSA) is 23.5 Å². The molecule has 0 unspecified atom stereocenters. The van der Waals surface area contributed by atoms with Crippen LogP contribution in [0.5, 0.6) is 0 Å². The minimum atomic E-state index is -0.538. The number of hydrogen-bond donors (Lipinski definition) is 1. The largest absolute Gasteiger partial charge is 0.396 e. The van der Waals surface area contributed by atoms with E-state index in [0.29, 0.717) is 17.7 Å². The minimum Gasteiger partial charge on any atom is -0.396 e. The minimum absolute atomic E-state index is 0.00922. The van der Waals surface area contributed by atoms with Gasteiger partial charge in [0.05, 0.1) is 6.04 Å². The molecule has 2 aromatic carbocycles. The molecule has 2 atom stereocenters. The molecule has 0 saturated carbocycles. The molecule has 4 heteroatoms. The van der Waals surface area contributed by atoms with Crippen molar-refractivity contribution in [3.05, 3.63) is 64.7 Å². The summed E-state index contributed by atoms with van der Waals surface area (Å²) < 4.78 is 28.2. The molecule has 0 spiro atoms. The van der Waals surface area contributed by atoms with Crippen molar-refractivity contribution in [2.45, 2.75) is 31.2 Å². The lowest BCUT2D eigenvalue weighted by atomic mass is 9.78. The van der Waals surface area contributed by atoms with Crippen molar-refractivity contribution in [2.24, 2.45) is 0 Å². The van der Waals surface area contributed by atoms with Gasteiger partial charge in [-0.25, -0.2) is 8.78 Å². The summed E-state index contributed by atoms with van der Waals surface area (Å²) in [5.74, 6) is -1.11. The predicted molar refractivity (Wildman–Crippen MR) is 85.7 cm³/mol. The van der Waals surface area contributed by atoms with Gasteiger partial charge in [-0.3, -0.25) is 0 Å². The van der Waals surface area contributed by atoms with E-state index in [0.717, 1.165) is 25.5 Å². The van der Waals surface area contributed by atoms with Crippen LogP contribution in [0.3, 0.4) is 0 Å². The van der Waals surface area contributed by atoms with Crippen LogP contribution in [-0.2, 0) is 6.42 Å². The quantitative estimate of drug-likeness (QED) is 0.907. The van der Waals surface area contributed by atoms with Crippen LogP contribution >= 0.6 is 0 Å². The number of aliphatic hydroxyl groups is 1. The third-order valence-corrected chi connectivity index (χ3v) is 5.19. The Morgan fingerprint density at radius 2 is 2.00 bits per heavy atom. The number of benzene rings is 2. The molecule has 0 saturated heterocycles. The van der Waals surface area contributed by atoms with Crippen LogP contribution in [0.25, 0.3) is 0 Å². The molecule has 2 heterocycles. The van der Waals surface area contributed by atoms with Crippen molar-refractivity contribution in [3.8, 4) is 0 Å². The summed E-state index contributed by atoms with van der Waals surface area (Å²) in [6.07, 6.45) is 2.14. The van der Waals surface area contributed by atoms with Gasteiger partial charge < -0.3 is 10.0 Å². The average Bonchev–Trinajstić information content (AvgIpc) is 2.54. The van der Waals surface area contributed by atoms with E-state index in [4.69, 9.17) is 0 Å². The summed E-state index contributed by atoms with van der Waals surface area (Å²) in [7, 11) is 0. The number of fused-ring (bicyclic) bond motifs is 5. The molecule has 0 amide bonds. The Morgan fingerprint density at radius 3 is 2.83 bits per heavy atom. The van der Waals surface area contributed by atoms with E-state index in [1.807, 2.05) is 12.1 Å². The summed E-state index contributed by atoms with van der Waals surface area (Å²) in [6.45, 7) is 0.776. The third kappa shape index (κ3) is 2.32. The van der Waals surface area contributed by atoms with Crippen molar-refractivity contribution in [2.75, 3.05) is 18.1 Å². The highest BCUT2D eigenvalue weighted by molar-refractivity contribution is 5.62. The SMILES string of the molecule is OCC[C@@H]1C[C@@H]2c3ccccc3CCN2c2cc(F)cc(F)c21. The molecule has 0 fully saturated rings. The molecule has 23 heavy (non-hydrogen) atoms. The van der Waals surface area contributed by atoms with Crippen LogP contribution in [-0.4, -0.2) is 18.3 Å². The second kappa shape index (κ2) is 5.60. The van der Waals surface area contributed by atoms with Gasteiger partial charge in [-0.05, 0) is 42.4 Å². The third-order valence-electron chi connectivity index (χ3n) is 5.19. The number of hydrogen-bond acceptors (Lipinski definition) is 2. The standard InChI is InChI=1S/C19H19F2NO/c20-14-10-16(21)19-13(6-8-23)9-17-15-4-2-1-3-12(15)5-7-22(17)18(19)11-14/h1-4,10-11,13,17,23H,5-9H2/t13-,17-/m1/s1.